The molecule has 0 amide bonds. The third-order valence-electron chi connectivity index (χ3n) is 7.57. The smallest absolute Gasteiger partial charge is 0.173 e. The lowest BCUT2D eigenvalue weighted by atomic mass is 9.70. The molecule has 1 unspecified atom stereocenters. The van der Waals surface area contributed by atoms with Gasteiger partial charge < -0.3 is 10.8 Å². The lowest BCUT2D eigenvalue weighted by molar-refractivity contribution is -0.117. The Morgan fingerprint density at radius 1 is 1.00 bits per heavy atom. The van der Waals surface area contributed by atoms with Gasteiger partial charge in [-0.15, -0.1) is 0 Å². The first-order valence-electron chi connectivity index (χ1n) is 13.8. The number of hydrogen-bond donors (Lipinski definition) is 2. The summed E-state index contributed by atoms with van der Waals surface area (Å²) in [6, 6.07) is 9.52. The fourth-order valence-corrected chi connectivity index (χ4v) is 5.91. The normalized spacial score (nSPS) is 17.8. The van der Waals surface area contributed by atoms with Gasteiger partial charge in [-0.3, -0.25) is 9.59 Å². The summed E-state index contributed by atoms with van der Waals surface area (Å²) < 4.78 is 0. The highest BCUT2D eigenvalue weighted by molar-refractivity contribution is 6.25. The van der Waals surface area contributed by atoms with Gasteiger partial charge in [0.25, 0.3) is 0 Å². The van der Waals surface area contributed by atoms with Crippen molar-refractivity contribution in [3.8, 4) is 0 Å². The predicted molar refractivity (Wildman–Crippen MR) is 147 cm³/mol. The molecule has 1 atom stereocenters. The number of carbonyl (C=O) groups excluding carboxylic acids is 2. The van der Waals surface area contributed by atoms with Crippen LogP contribution in [-0.4, -0.2) is 23.5 Å². The molecule has 0 fully saturated rings. The number of rotatable bonds is 16. The van der Waals surface area contributed by atoms with Crippen LogP contribution in [-0.2, 0) is 4.79 Å². The second-order valence-electron chi connectivity index (χ2n) is 10.4. The van der Waals surface area contributed by atoms with Crippen LogP contribution < -0.4 is 0 Å². The van der Waals surface area contributed by atoms with E-state index < -0.39 is 5.92 Å². The Morgan fingerprint density at radius 3 is 2.23 bits per heavy atom. The van der Waals surface area contributed by atoms with Gasteiger partial charge in [-0.1, -0.05) is 88.8 Å². The van der Waals surface area contributed by atoms with E-state index in [0.717, 1.165) is 82.6 Å². The number of nitrogens with one attached hydrogen (secondary N) is 2. The van der Waals surface area contributed by atoms with Gasteiger partial charge in [-0.25, -0.2) is 0 Å². The summed E-state index contributed by atoms with van der Waals surface area (Å²) in [5.41, 5.74) is 3.12. The quantitative estimate of drug-likeness (QED) is 0.142. The van der Waals surface area contributed by atoms with Crippen LogP contribution in [0.1, 0.15) is 121 Å². The number of unbranched alkanes of at least 4 members (excludes halogenated alkanes) is 4. The van der Waals surface area contributed by atoms with Gasteiger partial charge >= 0.3 is 0 Å². The average Bonchev–Trinajstić information content (AvgIpc) is 2.97. The number of allylic oxidation sites excluding steroid dienone is 2. The molecular formula is C31H46N2O2. The van der Waals surface area contributed by atoms with Crippen LogP contribution in [0.3, 0.4) is 0 Å². The summed E-state index contributed by atoms with van der Waals surface area (Å²) in [6.45, 7) is 6.38. The molecule has 0 saturated carbocycles. The molecule has 1 aromatic rings. The Hall–Kier alpha value is -2.36. The fraction of sp³-hybridized carbons (Fsp3) is 0.613. The molecule has 0 radical (unpaired) electrons. The lowest BCUT2D eigenvalue weighted by Crippen LogP contribution is -2.27. The van der Waals surface area contributed by atoms with Gasteiger partial charge in [0.15, 0.2) is 11.6 Å². The Balaban J connectivity index is 2.02. The van der Waals surface area contributed by atoms with Gasteiger partial charge in [0.2, 0.25) is 0 Å². The van der Waals surface area contributed by atoms with E-state index in [1.54, 1.807) is 0 Å². The van der Waals surface area contributed by atoms with Gasteiger partial charge in [0.05, 0.1) is 5.92 Å². The molecular weight excluding hydrogens is 432 g/mol. The first-order valence-corrected chi connectivity index (χ1v) is 13.8. The summed E-state index contributed by atoms with van der Waals surface area (Å²) in [5, 5.41) is 16.6. The predicted octanol–water partition coefficient (Wildman–Crippen LogP) is 8.54. The van der Waals surface area contributed by atoms with E-state index in [1.165, 1.54) is 11.8 Å². The van der Waals surface area contributed by atoms with Crippen LogP contribution >= 0.6 is 0 Å². The summed E-state index contributed by atoms with van der Waals surface area (Å²) in [7, 11) is 0. The van der Waals surface area contributed by atoms with E-state index >= 15 is 0 Å². The maximum absolute atomic E-state index is 13.5. The van der Waals surface area contributed by atoms with Gasteiger partial charge in [0.1, 0.15) is 0 Å². The zero-order valence-electron chi connectivity index (χ0n) is 22.3. The average molecular weight is 479 g/mol. The summed E-state index contributed by atoms with van der Waals surface area (Å²) in [4.78, 5) is 25.7. The third-order valence-corrected chi connectivity index (χ3v) is 7.57. The summed E-state index contributed by atoms with van der Waals surface area (Å²) >= 11 is 0. The van der Waals surface area contributed by atoms with Crippen molar-refractivity contribution in [3.63, 3.8) is 0 Å². The van der Waals surface area contributed by atoms with Crippen molar-refractivity contribution < 1.29 is 9.59 Å². The van der Waals surface area contributed by atoms with E-state index in [1.807, 2.05) is 37.3 Å². The van der Waals surface area contributed by atoms with Gasteiger partial charge in [-0.2, -0.15) is 0 Å². The molecule has 0 heterocycles. The monoisotopic (exact) mass is 478 g/mol. The SMILES string of the molecule is CCCC1(CCC)CC(CCCCCCCC(=O)c2ccccc2)=C(C(=N)CC)C(=O)C(C=N)C1. The van der Waals surface area contributed by atoms with Crippen molar-refractivity contribution in [2.45, 2.75) is 111 Å². The molecule has 0 saturated heterocycles. The molecule has 0 spiro atoms. The van der Waals surface area contributed by atoms with E-state index in [0.29, 0.717) is 24.1 Å². The van der Waals surface area contributed by atoms with E-state index in [2.05, 4.69) is 13.8 Å². The minimum Gasteiger partial charge on any atom is -0.312 e. The van der Waals surface area contributed by atoms with Crippen molar-refractivity contribution >= 4 is 23.5 Å². The van der Waals surface area contributed by atoms with E-state index in [-0.39, 0.29) is 17.0 Å². The number of ketones is 2. The molecule has 192 valence electrons. The van der Waals surface area contributed by atoms with Crippen LogP contribution in [0.25, 0.3) is 0 Å². The highest BCUT2D eigenvalue weighted by Crippen LogP contribution is 2.47. The third kappa shape index (κ3) is 8.37. The molecule has 1 aliphatic carbocycles. The molecule has 1 aliphatic rings. The van der Waals surface area contributed by atoms with Crippen LogP contribution in [0.5, 0.6) is 0 Å². The molecule has 0 aromatic heterocycles. The molecule has 1 aromatic carbocycles. The molecule has 4 nitrogen and oxygen atoms in total. The van der Waals surface area contributed by atoms with E-state index in [9.17, 15) is 9.59 Å². The first kappa shape index (κ1) is 28.9. The first-order chi connectivity index (χ1) is 16.9. The second kappa shape index (κ2) is 14.9. The Labute approximate surface area is 213 Å². The minimum absolute atomic E-state index is 0.00959. The molecule has 2 N–H and O–H groups in total. The standard InChI is InChI=1S/C31H46N2O2/c1-4-19-31(20-5-2)21-25(29(27(33)6-3)30(35)26(22-31)23-32)17-11-8-7-9-14-18-28(34)24-15-12-10-13-16-24/h10,12-13,15-16,23,26,32-33H,4-9,11,14,17-22H2,1-3H3. The number of hydrogen-bond acceptors (Lipinski definition) is 4. The fourth-order valence-electron chi connectivity index (χ4n) is 5.91. The van der Waals surface area contributed by atoms with E-state index in [4.69, 9.17) is 10.8 Å². The summed E-state index contributed by atoms with van der Waals surface area (Å²) in [5.74, 6) is -0.163. The number of Topliss-reactive ketones (excluding diaryl/α,β-unsaturated/α-hetero) is 2. The van der Waals surface area contributed by atoms with Crippen LogP contribution in [0, 0.1) is 22.2 Å². The number of carbonyl (C=O) groups is 2. The maximum atomic E-state index is 13.5. The highest BCUT2D eigenvalue weighted by Gasteiger charge is 2.40. The van der Waals surface area contributed by atoms with Crippen molar-refractivity contribution in [2.24, 2.45) is 11.3 Å². The van der Waals surface area contributed by atoms with Crippen LogP contribution in [0.15, 0.2) is 41.5 Å². The Bertz CT molecular complexity index is 879. The zero-order valence-corrected chi connectivity index (χ0v) is 22.3. The molecule has 2 rings (SSSR count). The minimum atomic E-state index is -0.394. The maximum Gasteiger partial charge on any atom is 0.173 e. The summed E-state index contributed by atoms with van der Waals surface area (Å²) in [6.07, 6.45) is 14.4. The largest absolute Gasteiger partial charge is 0.312 e. The van der Waals surface area contributed by atoms with Crippen LogP contribution in [0.2, 0.25) is 0 Å². The van der Waals surface area contributed by atoms with Crippen molar-refractivity contribution in [1.82, 2.24) is 0 Å². The van der Waals surface area contributed by atoms with Crippen molar-refractivity contribution in [2.75, 3.05) is 0 Å². The van der Waals surface area contributed by atoms with Crippen molar-refractivity contribution in [3.05, 3.63) is 47.0 Å². The van der Waals surface area contributed by atoms with Gasteiger partial charge in [0, 0.05) is 29.5 Å². The van der Waals surface area contributed by atoms with Crippen LogP contribution in [0.4, 0.5) is 0 Å². The molecule has 35 heavy (non-hydrogen) atoms. The van der Waals surface area contributed by atoms with Crippen molar-refractivity contribution in [1.29, 1.82) is 10.8 Å². The zero-order chi connectivity index (χ0) is 25.7. The molecule has 0 bridgehead atoms. The molecule has 0 aliphatic heterocycles. The molecule has 4 heteroatoms. The Kier molecular flexibility index (Phi) is 12.3. The topological polar surface area (TPSA) is 81.8 Å². The Morgan fingerprint density at radius 2 is 1.63 bits per heavy atom. The second-order valence-corrected chi connectivity index (χ2v) is 10.4. The lowest BCUT2D eigenvalue weighted by Gasteiger charge is -2.35. The number of benzene rings is 1. The van der Waals surface area contributed by atoms with Gasteiger partial charge in [-0.05, 0) is 56.8 Å². The highest BCUT2D eigenvalue weighted by atomic mass is 16.1.